The topological polar surface area (TPSA) is 78.9 Å². The van der Waals surface area contributed by atoms with E-state index in [0.29, 0.717) is 18.5 Å². The first-order chi connectivity index (χ1) is 11.6. The zero-order valence-electron chi connectivity index (χ0n) is 13.5. The third-order valence-corrected chi connectivity index (χ3v) is 4.60. The zero-order valence-corrected chi connectivity index (χ0v) is 13.5. The van der Waals surface area contributed by atoms with Gasteiger partial charge in [-0.25, -0.2) is 0 Å². The van der Waals surface area contributed by atoms with Crippen molar-refractivity contribution in [1.29, 1.82) is 0 Å². The van der Waals surface area contributed by atoms with Crippen molar-refractivity contribution in [3.8, 4) is 0 Å². The van der Waals surface area contributed by atoms with Gasteiger partial charge in [0.15, 0.2) is 0 Å². The zero-order chi connectivity index (χ0) is 16.9. The molecular weight excluding hydrogens is 308 g/mol. The Bertz CT molecular complexity index is 620. The Morgan fingerprint density at radius 3 is 2.29 bits per heavy atom. The summed E-state index contributed by atoms with van der Waals surface area (Å²) in [6.45, 7) is 3.18. The number of benzene rings is 1. The fourth-order valence-electron chi connectivity index (χ4n) is 3.19. The highest BCUT2D eigenvalue weighted by atomic mass is 16.5. The van der Waals surface area contributed by atoms with Gasteiger partial charge < -0.3 is 20.1 Å². The summed E-state index contributed by atoms with van der Waals surface area (Å²) in [4.78, 5) is 26.0. The number of carbonyl (C=O) groups is 2. The van der Waals surface area contributed by atoms with Crippen LogP contribution in [0.4, 0.5) is 11.4 Å². The summed E-state index contributed by atoms with van der Waals surface area (Å²) < 4.78 is 5.34. The molecule has 3 rings (SSSR count). The van der Waals surface area contributed by atoms with Crippen LogP contribution in [0.3, 0.4) is 0 Å². The lowest BCUT2D eigenvalue weighted by molar-refractivity contribution is -0.146. The Morgan fingerprint density at radius 2 is 1.67 bits per heavy atom. The summed E-state index contributed by atoms with van der Waals surface area (Å²) in [5.74, 6) is -2.32. The molecule has 1 fully saturated rings. The summed E-state index contributed by atoms with van der Waals surface area (Å²) in [5, 5.41) is 12.1. The van der Waals surface area contributed by atoms with Gasteiger partial charge in [-0.1, -0.05) is 12.2 Å². The van der Waals surface area contributed by atoms with Gasteiger partial charge >= 0.3 is 5.97 Å². The lowest BCUT2D eigenvalue weighted by atomic mass is 9.82. The molecule has 6 heteroatoms. The van der Waals surface area contributed by atoms with Crippen LogP contribution in [0, 0.1) is 11.8 Å². The molecule has 2 atom stereocenters. The smallest absolute Gasteiger partial charge is 0.307 e. The summed E-state index contributed by atoms with van der Waals surface area (Å²) in [6, 6.07) is 7.65. The standard InChI is InChI=1S/C18H22N2O4/c21-17(15-3-1-2-4-16(15)18(22)23)19-13-5-7-14(8-6-13)20-9-11-24-12-10-20/h1-2,5-8,15-16H,3-4,9-12H2,(H,19,21)(H,22,23). The number of amides is 1. The number of morpholine rings is 1. The van der Waals surface area contributed by atoms with Crippen molar-refractivity contribution in [2.45, 2.75) is 12.8 Å². The van der Waals surface area contributed by atoms with Crippen LogP contribution >= 0.6 is 0 Å². The largest absolute Gasteiger partial charge is 0.481 e. The molecule has 0 saturated carbocycles. The van der Waals surface area contributed by atoms with Crippen LogP contribution in [0.25, 0.3) is 0 Å². The van der Waals surface area contributed by atoms with E-state index >= 15 is 0 Å². The minimum absolute atomic E-state index is 0.231. The number of hydrogen-bond acceptors (Lipinski definition) is 4. The maximum Gasteiger partial charge on any atom is 0.307 e. The van der Waals surface area contributed by atoms with E-state index in [9.17, 15) is 14.7 Å². The number of hydrogen-bond donors (Lipinski definition) is 2. The molecule has 1 saturated heterocycles. The fraction of sp³-hybridized carbons (Fsp3) is 0.444. The molecular formula is C18H22N2O4. The van der Waals surface area contributed by atoms with Crippen molar-refractivity contribution >= 4 is 23.3 Å². The highest BCUT2D eigenvalue weighted by Crippen LogP contribution is 2.27. The number of allylic oxidation sites excluding steroid dienone is 2. The predicted molar refractivity (Wildman–Crippen MR) is 91.1 cm³/mol. The lowest BCUT2D eigenvalue weighted by Gasteiger charge is -2.29. The highest BCUT2D eigenvalue weighted by Gasteiger charge is 2.33. The molecule has 2 N–H and O–H groups in total. The molecule has 1 aromatic carbocycles. The lowest BCUT2D eigenvalue weighted by Crippen LogP contribution is -2.36. The first-order valence-electron chi connectivity index (χ1n) is 8.26. The van der Waals surface area contributed by atoms with Gasteiger partial charge in [-0.2, -0.15) is 0 Å². The summed E-state index contributed by atoms with van der Waals surface area (Å²) in [7, 11) is 0. The van der Waals surface area contributed by atoms with E-state index in [2.05, 4.69) is 10.2 Å². The monoisotopic (exact) mass is 330 g/mol. The number of nitrogens with one attached hydrogen (secondary N) is 1. The van der Waals surface area contributed by atoms with Gasteiger partial charge in [-0.15, -0.1) is 0 Å². The van der Waals surface area contributed by atoms with E-state index in [1.165, 1.54) is 0 Å². The van der Waals surface area contributed by atoms with Crippen LogP contribution < -0.4 is 10.2 Å². The molecule has 1 aliphatic carbocycles. The molecule has 1 heterocycles. The Kier molecular flexibility index (Phi) is 5.15. The van der Waals surface area contributed by atoms with Crippen molar-refractivity contribution in [1.82, 2.24) is 0 Å². The molecule has 6 nitrogen and oxygen atoms in total. The van der Waals surface area contributed by atoms with Gasteiger partial charge in [-0.3, -0.25) is 9.59 Å². The second kappa shape index (κ2) is 7.49. The van der Waals surface area contributed by atoms with Crippen LogP contribution in [-0.4, -0.2) is 43.3 Å². The maximum absolute atomic E-state index is 12.4. The molecule has 2 aliphatic rings. The van der Waals surface area contributed by atoms with Gasteiger partial charge in [0, 0.05) is 24.5 Å². The molecule has 128 valence electrons. The van der Waals surface area contributed by atoms with Crippen LogP contribution in [-0.2, 0) is 14.3 Å². The van der Waals surface area contributed by atoms with Crippen molar-refractivity contribution in [3.63, 3.8) is 0 Å². The third-order valence-electron chi connectivity index (χ3n) is 4.60. The second-order valence-corrected chi connectivity index (χ2v) is 6.13. The first kappa shape index (κ1) is 16.5. The van der Waals surface area contributed by atoms with Gasteiger partial charge in [0.1, 0.15) is 0 Å². The third kappa shape index (κ3) is 3.76. The SMILES string of the molecule is O=C(O)C1CC=CCC1C(=O)Nc1ccc(N2CCOCC2)cc1. The van der Waals surface area contributed by atoms with E-state index in [1.807, 2.05) is 36.4 Å². The molecule has 0 bridgehead atoms. The van der Waals surface area contributed by atoms with E-state index in [-0.39, 0.29) is 5.91 Å². The number of carbonyl (C=O) groups excluding carboxylic acids is 1. The number of anilines is 2. The normalized spacial score (nSPS) is 23.8. The summed E-state index contributed by atoms with van der Waals surface area (Å²) in [5.41, 5.74) is 1.79. The molecule has 0 spiro atoms. The van der Waals surface area contributed by atoms with Gasteiger partial charge in [0.05, 0.1) is 25.0 Å². The molecule has 1 amide bonds. The molecule has 1 aromatic rings. The van der Waals surface area contributed by atoms with Gasteiger partial charge in [0.25, 0.3) is 0 Å². The van der Waals surface area contributed by atoms with Gasteiger partial charge in [-0.05, 0) is 37.1 Å². The Morgan fingerprint density at radius 1 is 1.04 bits per heavy atom. The van der Waals surface area contributed by atoms with E-state index in [0.717, 1.165) is 32.0 Å². The summed E-state index contributed by atoms with van der Waals surface area (Å²) in [6.07, 6.45) is 4.59. The Hall–Kier alpha value is -2.34. The second-order valence-electron chi connectivity index (χ2n) is 6.13. The number of carboxylic acids is 1. The minimum Gasteiger partial charge on any atom is -0.481 e. The van der Waals surface area contributed by atoms with Crippen molar-refractivity contribution in [2.75, 3.05) is 36.5 Å². The minimum atomic E-state index is -0.915. The highest BCUT2D eigenvalue weighted by molar-refractivity contribution is 5.95. The number of rotatable bonds is 4. The quantitative estimate of drug-likeness (QED) is 0.827. The number of carboxylic acid groups (broad SMARTS) is 1. The maximum atomic E-state index is 12.4. The van der Waals surface area contributed by atoms with Crippen molar-refractivity contribution in [3.05, 3.63) is 36.4 Å². The average Bonchev–Trinajstić information content (AvgIpc) is 2.63. The molecule has 2 unspecified atom stereocenters. The van der Waals surface area contributed by atoms with Crippen LogP contribution in [0.5, 0.6) is 0 Å². The Labute approximate surface area is 141 Å². The fourth-order valence-corrected chi connectivity index (χ4v) is 3.19. The van der Waals surface area contributed by atoms with Crippen LogP contribution in [0.1, 0.15) is 12.8 Å². The van der Waals surface area contributed by atoms with Crippen LogP contribution in [0.2, 0.25) is 0 Å². The summed E-state index contributed by atoms with van der Waals surface area (Å²) >= 11 is 0. The Balaban J connectivity index is 1.63. The average molecular weight is 330 g/mol. The number of nitrogens with zero attached hydrogens (tertiary/aromatic N) is 1. The number of ether oxygens (including phenoxy) is 1. The molecule has 0 aromatic heterocycles. The number of aliphatic carboxylic acids is 1. The van der Waals surface area contributed by atoms with E-state index in [4.69, 9.17) is 4.74 Å². The van der Waals surface area contributed by atoms with Gasteiger partial charge in [0.2, 0.25) is 5.91 Å². The first-order valence-corrected chi connectivity index (χ1v) is 8.26. The van der Waals surface area contributed by atoms with Crippen molar-refractivity contribution in [2.24, 2.45) is 11.8 Å². The predicted octanol–water partition coefficient (Wildman–Crippen LogP) is 2.13. The van der Waals surface area contributed by atoms with E-state index in [1.54, 1.807) is 0 Å². The van der Waals surface area contributed by atoms with Crippen LogP contribution in [0.15, 0.2) is 36.4 Å². The molecule has 1 aliphatic heterocycles. The molecule has 24 heavy (non-hydrogen) atoms. The van der Waals surface area contributed by atoms with E-state index < -0.39 is 17.8 Å². The molecule has 0 radical (unpaired) electrons. The van der Waals surface area contributed by atoms with Crippen molar-refractivity contribution < 1.29 is 19.4 Å².